The second kappa shape index (κ2) is 9.73. The lowest BCUT2D eigenvalue weighted by molar-refractivity contribution is -0.384. The number of carbonyl (C=O) groups excluding carboxylic acids is 1. The molecule has 0 radical (unpaired) electrons. The highest BCUT2D eigenvalue weighted by atomic mass is 32.2. The van der Waals surface area contributed by atoms with E-state index in [-0.39, 0.29) is 18.0 Å². The Labute approximate surface area is 202 Å². The third-order valence-electron chi connectivity index (χ3n) is 5.09. The van der Waals surface area contributed by atoms with Crippen LogP contribution < -0.4 is 5.32 Å². The maximum atomic E-state index is 12.4. The average Bonchev–Trinajstić information content (AvgIpc) is 3.49. The van der Waals surface area contributed by atoms with Crippen molar-refractivity contribution in [2.75, 3.05) is 11.1 Å². The molecule has 0 bridgehead atoms. The molecule has 5 aromatic rings. The Hall–Kier alpha value is -4.58. The first-order valence-electron chi connectivity index (χ1n) is 10.6. The third-order valence-corrected chi connectivity index (χ3v) is 6.02. The fourth-order valence-corrected chi connectivity index (χ4v) is 4.32. The number of fused-ring (bicyclic) bond motifs is 1. The minimum Gasteiger partial charge on any atom is -0.326 e. The molecule has 0 aliphatic carbocycles. The zero-order chi connectivity index (χ0) is 24.2. The molecule has 0 atom stereocenters. The Morgan fingerprint density at radius 2 is 1.69 bits per heavy atom. The van der Waals surface area contributed by atoms with Gasteiger partial charge >= 0.3 is 0 Å². The highest BCUT2D eigenvalue weighted by Crippen LogP contribution is 2.26. The number of nitro groups is 1. The van der Waals surface area contributed by atoms with Gasteiger partial charge in [-0.25, -0.2) is 0 Å². The van der Waals surface area contributed by atoms with Gasteiger partial charge in [-0.2, -0.15) is 4.68 Å². The van der Waals surface area contributed by atoms with Crippen LogP contribution in [0.3, 0.4) is 0 Å². The standard InChI is InChI=1S/C23H18N8O3S/c32-21(24-16-10-12-18(13-11-16)31(33)34)14-15-35-23-27-26-22(29(23)17-6-2-1-3-7-17)30-20-9-5-4-8-19(20)25-28-30/h1-13H,14-15H2,(H,24,32). The molecule has 3 aromatic carbocycles. The summed E-state index contributed by atoms with van der Waals surface area (Å²) in [5.74, 6) is 0.726. The van der Waals surface area contributed by atoms with E-state index in [0.717, 1.165) is 16.7 Å². The lowest BCUT2D eigenvalue weighted by Gasteiger charge is -2.10. The van der Waals surface area contributed by atoms with Crippen LogP contribution in [-0.2, 0) is 4.79 Å². The lowest BCUT2D eigenvalue weighted by atomic mass is 10.3. The molecule has 0 aliphatic heterocycles. The van der Waals surface area contributed by atoms with Crippen molar-refractivity contribution in [2.24, 2.45) is 0 Å². The minimum atomic E-state index is -0.485. The fraction of sp³-hybridized carbons (Fsp3) is 0.0870. The van der Waals surface area contributed by atoms with Crippen molar-refractivity contribution in [3.05, 3.63) is 89.0 Å². The van der Waals surface area contributed by atoms with Gasteiger partial charge in [0.05, 0.1) is 16.1 Å². The van der Waals surface area contributed by atoms with Crippen LogP contribution in [0.25, 0.3) is 22.7 Å². The van der Waals surface area contributed by atoms with E-state index < -0.39 is 4.92 Å². The number of amides is 1. The van der Waals surface area contributed by atoms with Gasteiger partial charge in [-0.3, -0.25) is 19.5 Å². The van der Waals surface area contributed by atoms with Gasteiger partial charge in [-0.15, -0.1) is 15.3 Å². The largest absolute Gasteiger partial charge is 0.326 e. The van der Waals surface area contributed by atoms with Gasteiger partial charge in [0, 0.05) is 30.0 Å². The topological polar surface area (TPSA) is 134 Å². The molecule has 0 spiro atoms. The monoisotopic (exact) mass is 486 g/mol. The van der Waals surface area contributed by atoms with Crippen molar-refractivity contribution >= 4 is 40.1 Å². The predicted molar refractivity (Wildman–Crippen MR) is 131 cm³/mol. The summed E-state index contributed by atoms with van der Waals surface area (Å²) in [6.45, 7) is 0. The predicted octanol–water partition coefficient (Wildman–Crippen LogP) is 4.03. The van der Waals surface area contributed by atoms with Crippen molar-refractivity contribution in [1.82, 2.24) is 29.8 Å². The second-order valence-electron chi connectivity index (χ2n) is 7.39. The number of non-ortho nitro benzene ring substituents is 1. The zero-order valence-electron chi connectivity index (χ0n) is 18.2. The van der Waals surface area contributed by atoms with Gasteiger partial charge < -0.3 is 5.32 Å². The average molecular weight is 487 g/mol. The van der Waals surface area contributed by atoms with Crippen LogP contribution in [0.1, 0.15) is 6.42 Å². The van der Waals surface area contributed by atoms with Crippen LogP contribution in [0, 0.1) is 10.1 Å². The Morgan fingerprint density at radius 3 is 2.46 bits per heavy atom. The van der Waals surface area contributed by atoms with E-state index in [4.69, 9.17) is 0 Å². The molecule has 11 nitrogen and oxygen atoms in total. The van der Waals surface area contributed by atoms with Gasteiger partial charge in [0.25, 0.3) is 11.6 Å². The van der Waals surface area contributed by atoms with Crippen molar-refractivity contribution in [1.29, 1.82) is 0 Å². The highest BCUT2D eigenvalue weighted by Gasteiger charge is 2.19. The molecule has 0 unspecified atom stereocenters. The number of nitro benzene ring substituents is 1. The lowest BCUT2D eigenvalue weighted by Crippen LogP contribution is -2.12. The number of rotatable bonds is 8. The van der Waals surface area contributed by atoms with Crippen molar-refractivity contribution < 1.29 is 9.72 Å². The molecule has 12 heteroatoms. The van der Waals surface area contributed by atoms with Gasteiger partial charge in [-0.1, -0.05) is 47.3 Å². The van der Waals surface area contributed by atoms with Crippen molar-refractivity contribution in [2.45, 2.75) is 11.6 Å². The van der Waals surface area contributed by atoms with Crippen molar-refractivity contribution in [3.63, 3.8) is 0 Å². The molecular formula is C23H18N8O3S. The molecular weight excluding hydrogens is 468 g/mol. The Bertz CT molecular complexity index is 1500. The van der Waals surface area contributed by atoms with E-state index in [9.17, 15) is 14.9 Å². The number of para-hydroxylation sites is 2. The molecule has 1 amide bonds. The van der Waals surface area contributed by atoms with Gasteiger partial charge in [-0.05, 0) is 36.4 Å². The maximum absolute atomic E-state index is 12.4. The SMILES string of the molecule is O=C(CCSc1nnc(-n2nnc3ccccc32)n1-c1ccccc1)Nc1ccc([N+](=O)[O-])cc1. The molecule has 174 valence electrons. The molecule has 0 aliphatic rings. The first-order valence-corrected chi connectivity index (χ1v) is 11.6. The molecule has 35 heavy (non-hydrogen) atoms. The maximum Gasteiger partial charge on any atom is 0.269 e. The summed E-state index contributed by atoms with van der Waals surface area (Å²) in [5.41, 5.74) is 2.86. The number of benzene rings is 3. The molecule has 0 saturated carbocycles. The molecule has 0 saturated heterocycles. The Morgan fingerprint density at radius 1 is 0.943 bits per heavy atom. The van der Waals surface area contributed by atoms with Crippen LogP contribution in [-0.4, -0.2) is 46.3 Å². The minimum absolute atomic E-state index is 0.0326. The summed E-state index contributed by atoms with van der Waals surface area (Å²) in [6.07, 6.45) is 0.213. The van der Waals surface area contributed by atoms with Crippen LogP contribution in [0.2, 0.25) is 0 Å². The van der Waals surface area contributed by atoms with Crippen molar-refractivity contribution in [3.8, 4) is 11.6 Å². The zero-order valence-corrected chi connectivity index (χ0v) is 19.0. The summed E-state index contributed by atoms with van der Waals surface area (Å²) in [4.78, 5) is 22.7. The quantitative estimate of drug-likeness (QED) is 0.197. The fourth-order valence-electron chi connectivity index (χ4n) is 3.44. The summed E-state index contributed by atoms with van der Waals surface area (Å²) in [7, 11) is 0. The van der Waals surface area contributed by atoms with E-state index >= 15 is 0 Å². The van der Waals surface area contributed by atoms with Gasteiger partial charge in [0.15, 0.2) is 5.16 Å². The Kier molecular flexibility index (Phi) is 6.18. The first kappa shape index (κ1) is 22.2. The van der Waals surface area contributed by atoms with E-state index in [2.05, 4.69) is 25.8 Å². The van der Waals surface area contributed by atoms with E-state index in [1.165, 1.54) is 36.0 Å². The van der Waals surface area contributed by atoms with E-state index in [0.29, 0.717) is 22.5 Å². The van der Waals surface area contributed by atoms with Crippen LogP contribution in [0.15, 0.2) is 84.0 Å². The number of nitrogens with one attached hydrogen (secondary N) is 1. The van der Waals surface area contributed by atoms with Crippen LogP contribution in [0.5, 0.6) is 0 Å². The molecule has 2 aromatic heterocycles. The number of thioether (sulfide) groups is 1. The highest BCUT2D eigenvalue weighted by molar-refractivity contribution is 7.99. The summed E-state index contributed by atoms with van der Waals surface area (Å²) < 4.78 is 3.51. The first-order chi connectivity index (χ1) is 17.1. The molecule has 2 heterocycles. The smallest absolute Gasteiger partial charge is 0.269 e. The molecule has 5 rings (SSSR count). The molecule has 0 fully saturated rings. The second-order valence-corrected chi connectivity index (χ2v) is 8.46. The number of aromatic nitrogens is 6. The summed E-state index contributed by atoms with van der Waals surface area (Å²) in [5, 5.41) is 31.3. The number of hydrogen-bond donors (Lipinski definition) is 1. The van der Waals surface area contributed by atoms with E-state index in [1.807, 2.05) is 59.2 Å². The number of nitrogens with zero attached hydrogens (tertiary/aromatic N) is 7. The third kappa shape index (κ3) is 4.73. The van der Waals surface area contributed by atoms with Gasteiger partial charge in [0.1, 0.15) is 5.52 Å². The molecule has 1 N–H and O–H groups in total. The normalized spacial score (nSPS) is 11.0. The van der Waals surface area contributed by atoms with Gasteiger partial charge in [0.2, 0.25) is 5.91 Å². The number of carbonyl (C=O) groups is 1. The number of anilines is 1. The van der Waals surface area contributed by atoms with Crippen LogP contribution >= 0.6 is 11.8 Å². The van der Waals surface area contributed by atoms with E-state index in [1.54, 1.807) is 4.68 Å². The Balaban J connectivity index is 1.34. The summed E-state index contributed by atoms with van der Waals surface area (Å²) >= 11 is 1.39. The number of hydrogen-bond acceptors (Lipinski definition) is 8. The van der Waals surface area contributed by atoms with Crippen LogP contribution in [0.4, 0.5) is 11.4 Å². The summed E-state index contributed by atoms with van der Waals surface area (Å²) in [6, 6.07) is 22.9.